The van der Waals surface area contributed by atoms with Crippen LogP contribution in [0.2, 0.25) is 0 Å². The van der Waals surface area contributed by atoms with E-state index in [2.05, 4.69) is 4.98 Å². The minimum atomic E-state index is -0.389. The molecular formula is C12H14N2O3S. The monoisotopic (exact) mass is 266 g/mol. The van der Waals surface area contributed by atoms with Gasteiger partial charge < -0.3 is 4.42 Å². The van der Waals surface area contributed by atoms with Crippen molar-refractivity contribution in [2.45, 2.75) is 25.7 Å². The van der Waals surface area contributed by atoms with E-state index in [1.807, 2.05) is 17.5 Å². The molecule has 1 amide bonds. The zero-order valence-electron chi connectivity index (χ0n) is 9.76. The van der Waals surface area contributed by atoms with E-state index in [0.717, 1.165) is 29.3 Å². The van der Waals surface area contributed by atoms with Crippen LogP contribution in [0, 0.1) is 0 Å². The Morgan fingerprint density at radius 1 is 1.44 bits per heavy atom. The Morgan fingerprint density at radius 2 is 2.33 bits per heavy atom. The van der Waals surface area contributed by atoms with Crippen LogP contribution in [-0.2, 0) is 24.1 Å². The number of hydroxylamine groups is 1. The predicted molar refractivity (Wildman–Crippen MR) is 66.5 cm³/mol. The van der Waals surface area contributed by atoms with E-state index in [1.54, 1.807) is 23.1 Å². The highest BCUT2D eigenvalue weighted by molar-refractivity contribution is 7.09. The Morgan fingerprint density at radius 3 is 3.06 bits per heavy atom. The molecule has 2 heterocycles. The number of hydrogen-bond donors (Lipinski definition) is 2. The lowest BCUT2D eigenvalue weighted by molar-refractivity contribution is -0.129. The summed E-state index contributed by atoms with van der Waals surface area (Å²) in [5, 5.41) is 11.4. The minimum absolute atomic E-state index is 0.248. The number of amides is 1. The topological polar surface area (TPSA) is 75.4 Å². The Hall–Kier alpha value is -1.66. The van der Waals surface area contributed by atoms with Crippen LogP contribution in [-0.4, -0.2) is 16.1 Å². The number of carbonyl (C=O) groups excluding carboxylic acids is 1. The van der Waals surface area contributed by atoms with Crippen LogP contribution >= 0.6 is 11.3 Å². The summed E-state index contributed by atoms with van der Waals surface area (Å²) in [4.78, 5) is 15.3. The third-order valence-electron chi connectivity index (χ3n) is 2.50. The molecule has 2 N–H and O–H groups in total. The van der Waals surface area contributed by atoms with Gasteiger partial charge in [0.15, 0.2) is 0 Å². The molecule has 96 valence electrons. The van der Waals surface area contributed by atoms with Crippen molar-refractivity contribution >= 4 is 17.2 Å². The van der Waals surface area contributed by atoms with Gasteiger partial charge in [-0.1, -0.05) is 0 Å². The van der Waals surface area contributed by atoms with E-state index < -0.39 is 0 Å². The molecular weight excluding hydrogens is 252 g/mol. The van der Waals surface area contributed by atoms with Crippen LogP contribution in [0.25, 0.3) is 0 Å². The fraction of sp³-hybridized carbons (Fsp3) is 0.333. The second-order valence-electron chi connectivity index (χ2n) is 3.85. The summed E-state index contributed by atoms with van der Waals surface area (Å²) in [7, 11) is 0. The van der Waals surface area contributed by atoms with E-state index in [0.29, 0.717) is 6.42 Å². The molecule has 2 aromatic heterocycles. The van der Waals surface area contributed by atoms with Gasteiger partial charge in [-0.15, -0.1) is 11.3 Å². The molecule has 0 bridgehead atoms. The average Bonchev–Trinajstić information content (AvgIpc) is 3.04. The molecule has 0 fully saturated rings. The van der Waals surface area contributed by atoms with Crippen LogP contribution in [0.15, 0.2) is 28.2 Å². The zero-order valence-corrected chi connectivity index (χ0v) is 10.6. The molecule has 0 saturated carbocycles. The lowest BCUT2D eigenvalue weighted by Crippen LogP contribution is -2.18. The second kappa shape index (κ2) is 6.32. The summed E-state index contributed by atoms with van der Waals surface area (Å²) in [5.41, 5.74) is 2.50. The minimum Gasteiger partial charge on any atom is -0.469 e. The first kappa shape index (κ1) is 12.8. The van der Waals surface area contributed by atoms with Crippen LogP contribution in [0.5, 0.6) is 0 Å². The Bertz CT molecular complexity index is 493. The molecule has 0 aliphatic rings. The molecule has 0 aliphatic heterocycles. The zero-order chi connectivity index (χ0) is 12.8. The van der Waals surface area contributed by atoms with Crippen LogP contribution < -0.4 is 5.48 Å². The van der Waals surface area contributed by atoms with Crippen LogP contribution in [0.3, 0.4) is 0 Å². The number of carbonyl (C=O) groups is 1. The van der Waals surface area contributed by atoms with E-state index in [9.17, 15) is 4.79 Å². The Balaban J connectivity index is 1.80. The van der Waals surface area contributed by atoms with Gasteiger partial charge in [-0.2, -0.15) is 0 Å². The first-order chi connectivity index (χ1) is 8.78. The van der Waals surface area contributed by atoms with Gasteiger partial charge in [0.2, 0.25) is 5.91 Å². The van der Waals surface area contributed by atoms with Gasteiger partial charge in [0.25, 0.3) is 0 Å². The highest BCUT2D eigenvalue weighted by Crippen LogP contribution is 2.14. The van der Waals surface area contributed by atoms with E-state index >= 15 is 0 Å². The number of aryl methyl sites for hydroxylation is 3. The van der Waals surface area contributed by atoms with Gasteiger partial charge >= 0.3 is 0 Å². The first-order valence-corrected chi connectivity index (χ1v) is 6.54. The average molecular weight is 266 g/mol. The van der Waals surface area contributed by atoms with Crippen molar-refractivity contribution in [1.29, 1.82) is 0 Å². The molecule has 0 atom stereocenters. The second-order valence-corrected chi connectivity index (χ2v) is 4.79. The smallest absolute Gasteiger partial charge is 0.243 e. The molecule has 0 aliphatic carbocycles. The van der Waals surface area contributed by atoms with E-state index in [-0.39, 0.29) is 12.3 Å². The van der Waals surface area contributed by atoms with Crippen molar-refractivity contribution < 1.29 is 14.4 Å². The maximum Gasteiger partial charge on any atom is 0.243 e. The molecule has 0 aromatic carbocycles. The maximum absolute atomic E-state index is 10.9. The van der Waals surface area contributed by atoms with Gasteiger partial charge in [-0.25, -0.2) is 10.5 Å². The Kier molecular flexibility index (Phi) is 4.49. The van der Waals surface area contributed by atoms with E-state index in [1.165, 1.54) is 0 Å². The first-order valence-electron chi connectivity index (χ1n) is 5.66. The number of aromatic nitrogens is 1. The number of nitrogens with zero attached hydrogens (tertiary/aromatic N) is 1. The number of nitrogens with one attached hydrogen (secondary N) is 1. The third-order valence-corrected chi connectivity index (χ3v) is 3.45. The quantitative estimate of drug-likeness (QED) is 0.619. The molecule has 18 heavy (non-hydrogen) atoms. The number of rotatable bonds is 6. The largest absolute Gasteiger partial charge is 0.469 e. The van der Waals surface area contributed by atoms with Crippen molar-refractivity contribution in [3.63, 3.8) is 0 Å². The molecule has 0 spiro atoms. The van der Waals surface area contributed by atoms with Crippen molar-refractivity contribution in [1.82, 2.24) is 10.5 Å². The summed E-state index contributed by atoms with van der Waals surface area (Å²) in [5.74, 6) is 0.562. The highest BCUT2D eigenvalue weighted by atomic mass is 32.1. The van der Waals surface area contributed by atoms with Gasteiger partial charge in [0.05, 0.1) is 17.0 Å². The van der Waals surface area contributed by atoms with Gasteiger partial charge in [-0.3, -0.25) is 10.0 Å². The number of hydrogen-bond acceptors (Lipinski definition) is 5. The highest BCUT2D eigenvalue weighted by Gasteiger charge is 2.06. The molecule has 5 nitrogen and oxygen atoms in total. The van der Waals surface area contributed by atoms with Crippen molar-refractivity contribution in [2.75, 3.05) is 0 Å². The fourth-order valence-corrected chi connectivity index (χ4v) is 2.39. The van der Waals surface area contributed by atoms with Gasteiger partial charge in [-0.05, 0) is 18.6 Å². The summed E-state index contributed by atoms with van der Waals surface area (Å²) < 4.78 is 5.25. The molecule has 6 heteroatoms. The molecule has 2 aromatic rings. The SMILES string of the molecule is O=C(CCc1csc(CCc2ccco2)n1)NO. The van der Waals surface area contributed by atoms with Crippen LogP contribution in [0.4, 0.5) is 0 Å². The number of furan rings is 1. The fourth-order valence-electron chi connectivity index (χ4n) is 1.56. The standard InChI is InChI=1S/C12H14N2O3S/c15-11(14-16)5-3-9-8-18-12(13-9)6-4-10-2-1-7-17-10/h1-2,7-8,16H,3-6H2,(H,14,15). The molecule has 0 saturated heterocycles. The van der Waals surface area contributed by atoms with E-state index in [4.69, 9.17) is 9.62 Å². The Labute approximate surface area is 108 Å². The summed E-state index contributed by atoms with van der Waals surface area (Å²) in [6.45, 7) is 0. The molecule has 0 unspecified atom stereocenters. The van der Waals surface area contributed by atoms with Crippen molar-refractivity contribution in [2.24, 2.45) is 0 Å². The van der Waals surface area contributed by atoms with Crippen molar-refractivity contribution in [3.05, 3.63) is 40.2 Å². The summed E-state index contributed by atoms with van der Waals surface area (Å²) in [6.07, 6.45) is 4.12. The van der Waals surface area contributed by atoms with Crippen LogP contribution in [0.1, 0.15) is 22.9 Å². The lowest BCUT2D eigenvalue weighted by Gasteiger charge is -1.96. The normalized spacial score (nSPS) is 10.5. The molecule has 2 rings (SSSR count). The predicted octanol–water partition coefficient (Wildman–Crippen LogP) is 1.96. The lowest BCUT2D eigenvalue weighted by atomic mass is 10.2. The van der Waals surface area contributed by atoms with Gasteiger partial charge in [0, 0.05) is 24.6 Å². The third kappa shape index (κ3) is 3.68. The van der Waals surface area contributed by atoms with Crippen molar-refractivity contribution in [3.8, 4) is 0 Å². The van der Waals surface area contributed by atoms with Gasteiger partial charge in [0.1, 0.15) is 5.76 Å². The number of thiazole rings is 1. The maximum atomic E-state index is 10.9. The summed E-state index contributed by atoms with van der Waals surface area (Å²) >= 11 is 1.58. The summed E-state index contributed by atoms with van der Waals surface area (Å²) in [6, 6.07) is 3.82. The molecule has 0 radical (unpaired) electrons.